The average molecular weight is 286 g/mol. The third kappa shape index (κ3) is 3.00. The van der Waals surface area contributed by atoms with Gasteiger partial charge in [-0.05, 0) is 37.3 Å². The van der Waals surface area contributed by atoms with E-state index in [1.807, 2.05) is 13.0 Å². The summed E-state index contributed by atoms with van der Waals surface area (Å²) in [6.07, 6.45) is 0. The number of nitrogens with one attached hydrogen (secondary N) is 1. The lowest BCUT2D eigenvalue weighted by molar-refractivity contribution is 0.103. The molecule has 1 aromatic carbocycles. The van der Waals surface area contributed by atoms with Crippen LogP contribution in [0.2, 0.25) is 10.0 Å². The van der Waals surface area contributed by atoms with E-state index < -0.39 is 0 Å². The van der Waals surface area contributed by atoms with Crippen molar-refractivity contribution in [3.05, 3.63) is 50.1 Å². The molecule has 0 saturated carbocycles. The molecule has 0 radical (unpaired) electrons. The third-order valence-corrected chi connectivity index (χ3v) is 3.69. The van der Waals surface area contributed by atoms with Gasteiger partial charge >= 0.3 is 0 Å². The quantitative estimate of drug-likeness (QED) is 0.857. The Morgan fingerprint density at radius 2 is 2.00 bits per heavy atom. The molecular weight excluding hydrogens is 277 g/mol. The van der Waals surface area contributed by atoms with Crippen molar-refractivity contribution >= 4 is 46.1 Å². The number of thiophene rings is 1. The van der Waals surface area contributed by atoms with E-state index in [2.05, 4.69) is 5.32 Å². The number of rotatable bonds is 2. The lowest BCUT2D eigenvalue weighted by Crippen LogP contribution is -2.10. The van der Waals surface area contributed by atoms with Gasteiger partial charge in [0.15, 0.2) is 0 Å². The first-order chi connectivity index (χ1) is 8.06. The van der Waals surface area contributed by atoms with Crippen molar-refractivity contribution in [1.82, 2.24) is 0 Å². The fourth-order valence-electron chi connectivity index (χ4n) is 1.33. The summed E-state index contributed by atoms with van der Waals surface area (Å²) in [7, 11) is 0. The molecule has 1 aromatic heterocycles. The number of hydrogen-bond donors (Lipinski definition) is 1. The fourth-order valence-corrected chi connectivity index (χ4v) is 2.55. The largest absolute Gasteiger partial charge is 0.320 e. The minimum atomic E-state index is -0.160. The van der Waals surface area contributed by atoms with Gasteiger partial charge in [-0.3, -0.25) is 4.79 Å². The van der Waals surface area contributed by atoms with Gasteiger partial charge in [0.2, 0.25) is 0 Å². The van der Waals surface area contributed by atoms with Crippen LogP contribution >= 0.6 is 34.5 Å². The van der Waals surface area contributed by atoms with E-state index in [9.17, 15) is 4.79 Å². The van der Waals surface area contributed by atoms with Crippen molar-refractivity contribution < 1.29 is 4.79 Å². The predicted molar refractivity (Wildman–Crippen MR) is 73.5 cm³/mol. The summed E-state index contributed by atoms with van der Waals surface area (Å²) in [6.45, 7) is 1.96. The molecule has 17 heavy (non-hydrogen) atoms. The number of anilines is 1. The van der Waals surface area contributed by atoms with Crippen LogP contribution < -0.4 is 5.32 Å². The van der Waals surface area contributed by atoms with Crippen molar-refractivity contribution in [2.24, 2.45) is 0 Å². The molecule has 88 valence electrons. The maximum Gasteiger partial charge on any atom is 0.265 e. The van der Waals surface area contributed by atoms with Crippen LogP contribution in [0.5, 0.6) is 0 Å². The lowest BCUT2D eigenvalue weighted by Gasteiger charge is -2.05. The molecule has 2 aromatic rings. The Balaban J connectivity index is 2.18. The summed E-state index contributed by atoms with van der Waals surface area (Å²) in [5.41, 5.74) is 0.562. The highest BCUT2D eigenvalue weighted by Crippen LogP contribution is 2.26. The molecule has 0 aliphatic rings. The number of hydrogen-bond acceptors (Lipinski definition) is 2. The molecule has 0 aliphatic carbocycles. The summed E-state index contributed by atoms with van der Waals surface area (Å²) < 4.78 is 0. The minimum absolute atomic E-state index is 0.160. The summed E-state index contributed by atoms with van der Waals surface area (Å²) in [5, 5.41) is 3.72. The molecule has 2 nitrogen and oxygen atoms in total. The average Bonchev–Trinajstić information content (AvgIpc) is 2.69. The standard InChI is InChI=1S/C12H9Cl2NOS/c1-7-2-5-11(17-7)12(16)15-10-4-3-8(13)6-9(10)14/h2-6H,1H3,(H,15,16). The summed E-state index contributed by atoms with van der Waals surface area (Å²) in [6, 6.07) is 8.66. The second kappa shape index (κ2) is 5.08. The van der Waals surface area contributed by atoms with Gasteiger partial charge in [0, 0.05) is 9.90 Å². The molecule has 1 heterocycles. The number of aryl methyl sites for hydroxylation is 1. The molecule has 0 bridgehead atoms. The minimum Gasteiger partial charge on any atom is -0.320 e. The van der Waals surface area contributed by atoms with Gasteiger partial charge in [0.05, 0.1) is 15.6 Å². The first-order valence-corrected chi connectivity index (χ1v) is 6.46. The predicted octanol–water partition coefficient (Wildman–Crippen LogP) is 4.62. The van der Waals surface area contributed by atoms with E-state index >= 15 is 0 Å². The first-order valence-electron chi connectivity index (χ1n) is 4.89. The second-order valence-corrected chi connectivity index (χ2v) is 5.62. The summed E-state index contributed by atoms with van der Waals surface area (Å²) in [4.78, 5) is 13.6. The van der Waals surface area contributed by atoms with Crippen LogP contribution in [0.1, 0.15) is 14.5 Å². The number of benzene rings is 1. The molecule has 5 heteroatoms. The first kappa shape index (κ1) is 12.4. The van der Waals surface area contributed by atoms with E-state index in [-0.39, 0.29) is 5.91 Å². The van der Waals surface area contributed by atoms with Crippen LogP contribution in [0.3, 0.4) is 0 Å². The van der Waals surface area contributed by atoms with Gasteiger partial charge in [-0.1, -0.05) is 23.2 Å². The maximum atomic E-state index is 11.9. The Morgan fingerprint density at radius 1 is 1.24 bits per heavy atom. The normalized spacial score (nSPS) is 10.3. The van der Waals surface area contributed by atoms with E-state index in [1.54, 1.807) is 24.3 Å². The Hall–Kier alpha value is -1.03. The molecule has 0 fully saturated rings. The highest BCUT2D eigenvalue weighted by Gasteiger charge is 2.10. The Bertz CT molecular complexity index is 565. The Morgan fingerprint density at radius 3 is 2.59 bits per heavy atom. The van der Waals surface area contributed by atoms with Crippen LogP contribution in [-0.2, 0) is 0 Å². The van der Waals surface area contributed by atoms with Gasteiger partial charge in [-0.2, -0.15) is 0 Å². The molecular formula is C12H9Cl2NOS. The van der Waals surface area contributed by atoms with Crippen LogP contribution in [-0.4, -0.2) is 5.91 Å². The van der Waals surface area contributed by atoms with Gasteiger partial charge in [-0.15, -0.1) is 11.3 Å². The zero-order chi connectivity index (χ0) is 12.4. The van der Waals surface area contributed by atoms with Gasteiger partial charge in [0.25, 0.3) is 5.91 Å². The van der Waals surface area contributed by atoms with Crippen molar-refractivity contribution in [3.8, 4) is 0 Å². The van der Waals surface area contributed by atoms with Crippen LogP contribution in [0.25, 0.3) is 0 Å². The number of amides is 1. The van der Waals surface area contributed by atoms with E-state index in [1.165, 1.54) is 11.3 Å². The Labute approximate surface area is 113 Å². The van der Waals surface area contributed by atoms with Crippen molar-refractivity contribution in [2.45, 2.75) is 6.92 Å². The van der Waals surface area contributed by atoms with E-state index in [0.29, 0.717) is 20.6 Å². The summed E-state index contributed by atoms with van der Waals surface area (Å²) in [5.74, 6) is -0.160. The van der Waals surface area contributed by atoms with Crippen molar-refractivity contribution in [1.29, 1.82) is 0 Å². The number of halogens is 2. The fraction of sp³-hybridized carbons (Fsp3) is 0.0833. The molecule has 2 rings (SSSR count). The highest BCUT2D eigenvalue weighted by atomic mass is 35.5. The lowest BCUT2D eigenvalue weighted by atomic mass is 10.3. The van der Waals surface area contributed by atoms with E-state index in [4.69, 9.17) is 23.2 Å². The highest BCUT2D eigenvalue weighted by molar-refractivity contribution is 7.14. The van der Waals surface area contributed by atoms with Crippen LogP contribution in [0.4, 0.5) is 5.69 Å². The van der Waals surface area contributed by atoms with Crippen molar-refractivity contribution in [3.63, 3.8) is 0 Å². The molecule has 0 saturated heterocycles. The van der Waals surface area contributed by atoms with Crippen molar-refractivity contribution in [2.75, 3.05) is 5.32 Å². The van der Waals surface area contributed by atoms with Crippen LogP contribution in [0.15, 0.2) is 30.3 Å². The third-order valence-electron chi connectivity index (χ3n) is 2.14. The SMILES string of the molecule is Cc1ccc(C(=O)Nc2ccc(Cl)cc2Cl)s1. The molecule has 1 N–H and O–H groups in total. The topological polar surface area (TPSA) is 29.1 Å². The van der Waals surface area contributed by atoms with Crippen LogP contribution in [0, 0.1) is 6.92 Å². The zero-order valence-electron chi connectivity index (χ0n) is 8.96. The maximum absolute atomic E-state index is 11.9. The van der Waals surface area contributed by atoms with Gasteiger partial charge < -0.3 is 5.32 Å². The number of carbonyl (C=O) groups excluding carboxylic acids is 1. The smallest absolute Gasteiger partial charge is 0.265 e. The molecule has 0 aliphatic heterocycles. The molecule has 0 atom stereocenters. The zero-order valence-corrected chi connectivity index (χ0v) is 11.3. The van der Waals surface area contributed by atoms with E-state index in [0.717, 1.165) is 4.88 Å². The molecule has 1 amide bonds. The monoisotopic (exact) mass is 285 g/mol. The second-order valence-electron chi connectivity index (χ2n) is 3.49. The Kier molecular flexibility index (Phi) is 3.72. The van der Waals surface area contributed by atoms with Gasteiger partial charge in [0.1, 0.15) is 0 Å². The molecule has 0 unspecified atom stereocenters. The summed E-state index contributed by atoms with van der Waals surface area (Å²) >= 11 is 13.2. The van der Waals surface area contributed by atoms with Gasteiger partial charge in [-0.25, -0.2) is 0 Å². The number of carbonyl (C=O) groups is 1. The molecule has 0 spiro atoms.